The Morgan fingerprint density at radius 3 is 2.24 bits per heavy atom. The molecule has 0 aliphatic heterocycles. The molecule has 1 nitrogen and oxygen atoms in total. The SMILES string of the molecule is COc1cc(Cl)c(C(Cl)Cc2ccc(Cl)c(Cl)c2)cc1Cl. The zero-order valence-electron chi connectivity index (χ0n) is 11.0. The van der Waals surface area contributed by atoms with Crippen LogP contribution in [0.3, 0.4) is 0 Å². The van der Waals surface area contributed by atoms with E-state index in [1.54, 1.807) is 24.3 Å². The van der Waals surface area contributed by atoms with Crippen LogP contribution in [0.15, 0.2) is 30.3 Å². The molecule has 1 unspecified atom stereocenters. The lowest BCUT2D eigenvalue weighted by Crippen LogP contribution is -1.98. The second-order valence-electron chi connectivity index (χ2n) is 4.43. The summed E-state index contributed by atoms with van der Waals surface area (Å²) in [4.78, 5) is 0. The fourth-order valence-electron chi connectivity index (χ4n) is 1.92. The molecule has 1 atom stereocenters. The van der Waals surface area contributed by atoms with E-state index in [2.05, 4.69) is 0 Å². The summed E-state index contributed by atoms with van der Waals surface area (Å²) in [6.45, 7) is 0. The normalized spacial score (nSPS) is 12.3. The maximum Gasteiger partial charge on any atom is 0.138 e. The summed E-state index contributed by atoms with van der Waals surface area (Å²) in [5.74, 6) is 0.517. The van der Waals surface area contributed by atoms with E-state index in [9.17, 15) is 0 Å². The first-order valence-electron chi connectivity index (χ1n) is 6.03. The fraction of sp³-hybridized carbons (Fsp3) is 0.200. The summed E-state index contributed by atoms with van der Waals surface area (Å²) in [6, 6.07) is 8.79. The number of benzene rings is 2. The van der Waals surface area contributed by atoms with Gasteiger partial charge in [0.2, 0.25) is 0 Å². The van der Waals surface area contributed by atoms with Gasteiger partial charge in [-0.3, -0.25) is 0 Å². The highest BCUT2D eigenvalue weighted by atomic mass is 35.5. The van der Waals surface area contributed by atoms with Crippen molar-refractivity contribution in [3.8, 4) is 5.75 Å². The lowest BCUT2D eigenvalue weighted by Gasteiger charge is -2.14. The Hall–Kier alpha value is -0.310. The first-order valence-corrected chi connectivity index (χ1v) is 7.98. The minimum Gasteiger partial charge on any atom is -0.495 e. The molecule has 6 heteroatoms. The van der Waals surface area contributed by atoms with Crippen LogP contribution < -0.4 is 4.74 Å². The van der Waals surface area contributed by atoms with E-state index in [0.29, 0.717) is 32.3 Å². The van der Waals surface area contributed by atoms with Crippen molar-refractivity contribution in [3.05, 3.63) is 61.5 Å². The van der Waals surface area contributed by atoms with E-state index in [1.165, 1.54) is 7.11 Å². The summed E-state index contributed by atoms with van der Waals surface area (Å²) >= 11 is 30.7. The number of hydrogen-bond acceptors (Lipinski definition) is 1. The molecule has 0 amide bonds. The third-order valence-electron chi connectivity index (χ3n) is 3.01. The largest absolute Gasteiger partial charge is 0.495 e. The molecule has 0 bridgehead atoms. The van der Waals surface area contributed by atoms with Crippen molar-refractivity contribution in [2.75, 3.05) is 7.11 Å². The first-order chi connectivity index (χ1) is 9.92. The van der Waals surface area contributed by atoms with Crippen LogP contribution in [0, 0.1) is 0 Å². The molecule has 0 radical (unpaired) electrons. The second-order valence-corrected chi connectivity index (χ2v) is 6.58. The van der Waals surface area contributed by atoms with Crippen molar-refractivity contribution < 1.29 is 4.74 Å². The second kappa shape index (κ2) is 7.30. The Morgan fingerprint density at radius 1 is 0.905 bits per heavy atom. The molecular formula is C15H11Cl5O. The van der Waals surface area contributed by atoms with Crippen LogP contribution in [0.5, 0.6) is 5.75 Å². The lowest BCUT2D eigenvalue weighted by molar-refractivity contribution is 0.415. The average Bonchev–Trinajstić information content (AvgIpc) is 2.44. The zero-order valence-corrected chi connectivity index (χ0v) is 14.7. The minimum atomic E-state index is -0.335. The molecule has 0 aliphatic rings. The Morgan fingerprint density at radius 2 is 1.62 bits per heavy atom. The maximum atomic E-state index is 6.45. The third kappa shape index (κ3) is 4.12. The van der Waals surface area contributed by atoms with Crippen LogP contribution in [0.1, 0.15) is 16.5 Å². The average molecular weight is 385 g/mol. The van der Waals surface area contributed by atoms with Gasteiger partial charge in [0.1, 0.15) is 5.75 Å². The van der Waals surface area contributed by atoms with Gasteiger partial charge in [0, 0.05) is 11.1 Å². The molecule has 0 heterocycles. The predicted octanol–water partition coefficient (Wildman–Crippen LogP) is 6.83. The van der Waals surface area contributed by atoms with Gasteiger partial charge in [-0.05, 0) is 35.7 Å². The molecule has 0 aromatic heterocycles. The zero-order chi connectivity index (χ0) is 15.6. The quantitative estimate of drug-likeness (QED) is 0.525. The summed E-state index contributed by atoms with van der Waals surface area (Å²) in [7, 11) is 1.53. The van der Waals surface area contributed by atoms with Gasteiger partial charge in [0.05, 0.1) is 27.6 Å². The van der Waals surface area contributed by atoms with E-state index in [4.69, 9.17) is 62.7 Å². The van der Waals surface area contributed by atoms with Crippen molar-refractivity contribution in [3.63, 3.8) is 0 Å². The molecular weight excluding hydrogens is 373 g/mol. The molecule has 0 fully saturated rings. The monoisotopic (exact) mass is 382 g/mol. The molecule has 0 aliphatic carbocycles. The van der Waals surface area contributed by atoms with Crippen LogP contribution in [0.2, 0.25) is 20.1 Å². The Kier molecular flexibility index (Phi) is 5.93. The summed E-state index contributed by atoms with van der Waals surface area (Å²) < 4.78 is 5.12. The number of hydrogen-bond donors (Lipinski definition) is 0. The molecule has 112 valence electrons. The lowest BCUT2D eigenvalue weighted by atomic mass is 10.0. The highest BCUT2D eigenvalue weighted by molar-refractivity contribution is 6.42. The van der Waals surface area contributed by atoms with E-state index in [1.807, 2.05) is 6.07 Å². The minimum absolute atomic E-state index is 0.335. The van der Waals surface area contributed by atoms with E-state index < -0.39 is 0 Å². The summed E-state index contributed by atoms with van der Waals surface area (Å²) in [6.07, 6.45) is 0.556. The molecule has 0 saturated heterocycles. The number of methoxy groups -OCH3 is 1. The van der Waals surface area contributed by atoms with Crippen LogP contribution >= 0.6 is 58.0 Å². The molecule has 21 heavy (non-hydrogen) atoms. The van der Waals surface area contributed by atoms with E-state index in [0.717, 1.165) is 11.1 Å². The Balaban J connectivity index is 2.25. The van der Waals surface area contributed by atoms with Gasteiger partial charge in [-0.2, -0.15) is 0 Å². The molecule has 0 N–H and O–H groups in total. The number of alkyl halides is 1. The van der Waals surface area contributed by atoms with Crippen LogP contribution in [0.25, 0.3) is 0 Å². The van der Waals surface area contributed by atoms with Crippen LogP contribution in [-0.2, 0) is 6.42 Å². The highest BCUT2D eigenvalue weighted by Crippen LogP contribution is 2.38. The first kappa shape index (κ1) is 17.1. The van der Waals surface area contributed by atoms with Gasteiger partial charge in [0.15, 0.2) is 0 Å². The van der Waals surface area contributed by atoms with Crippen LogP contribution in [-0.4, -0.2) is 7.11 Å². The van der Waals surface area contributed by atoms with Gasteiger partial charge in [-0.1, -0.05) is 52.5 Å². The van der Waals surface area contributed by atoms with Gasteiger partial charge < -0.3 is 4.74 Å². The standard InChI is InChI=1S/C15H11Cl5O/c1-21-15-7-12(18)9(6-14(15)20)11(17)4-8-2-3-10(16)13(19)5-8/h2-3,5-7,11H,4H2,1H3. The van der Waals surface area contributed by atoms with E-state index in [-0.39, 0.29) is 5.38 Å². The van der Waals surface area contributed by atoms with Gasteiger partial charge in [-0.25, -0.2) is 0 Å². The fourth-order valence-corrected chi connectivity index (χ4v) is 3.19. The van der Waals surface area contributed by atoms with E-state index >= 15 is 0 Å². The summed E-state index contributed by atoms with van der Waals surface area (Å²) in [5.41, 5.74) is 1.71. The molecule has 2 aromatic rings. The van der Waals surface area contributed by atoms with Gasteiger partial charge in [-0.15, -0.1) is 11.6 Å². The Labute approximate surface area is 148 Å². The van der Waals surface area contributed by atoms with Crippen molar-refractivity contribution in [1.29, 1.82) is 0 Å². The maximum absolute atomic E-state index is 6.45. The number of rotatable bonds is 4. The van der Waals surface area contributed by atoms with Crippen LogP contribution in [0.4, 0.5) is 0 Å². The number of halogens is 5. The van der Waals surface area contributed by atoms with Gasteiger partial charge >= 0.3 is 0 Å². The van der Waals surface area contributed by atoms with Crippen molar-refractivity contribution in [1.82, 2.24) is 0 Å². The summed E-state index contributed by atoms with van der Waals surface area (Å²) in [5, 5.41) is 1.65. The van der Waals surface area contributed by atoms with Crippen molar-refractivity contribution in [2.24, 2.45) is 0 Å². The van der Waals surface area contributed by atoms with Crippen molar-refractivity contribution >= 4 is 58.0 Å². The van der Waals surface area contributed by atoms with Crippen molar-refractivity contribution in [2.45, 2.75) is 11.8 Å². The van der Waals surface area contributed by atoms with Gasteiger partial charge in [0.25, 0.3) is 0 Å². The Bertz CT molecular complexity index is 657. The molecule has 0 saturated carbocycles. The smallest absolute Gasteiger partial charge is 0.138 e. The molecule has 2 aromatic carbocycles. The third-order valence-corrected chi connectivity index (χ3v) is 4.76. The molecule has 0 spiro atoms. The highest BCUT2D eigenvalue weighted by Gasteiger charge is 2.16. The topological polar surface area (TPSA) is 9.23 Å². The predicted molar refractivity (Wildman–Crippen MR) is 91.8 cm³/mol. The molecule has 2 rings (SSSR count). The number of ether oxygens (including phenoxy) is 1.